The first-order valence-electron chi connectivity index (χ1n) is 12.3. The Morgan fingerprint density at radius 1 is 0.900 bits per heavy atom. The molecule has 198 valence electrons. The average Bonchev–Trinajstić information content (AvgIpc) is 3.51. The molecule has 1 saturated heterocycles. The number of rotatable bonds is 6. The van der Waals surface area contributed by atoms with Crippen LogP contribution in [0.4, 0.5) is 9.52 Å². The smallest absolute Gasteiger partial charge is 0.301 e. The zero-order valence-corrected chi connectivity index (χ0v) is 21.9. The van der Waals surface area contributed by atoms with Crippen molar-refractivity contribution in [1.29, 1.82) is 0 Å². The highest BCUT2D eigenvalue weighted by atomic mass is 32.1. The lowest BCUT2D eigenvalue weighted by atomic mass is 9.95. The number of aromatic nitrogens is 1. The van der Waals surface area contributed by atoms with E-state index in [-0.39, 0.29) is 16.3 Å². The fraction of sp³-hybridized carbons (Fsp3) is 0.0645. The highest BCUT2D eigenvalue weighted by Crippen LogP contribution is 2.45. The number of ketones is 1. The van der Waals surface area contributed by atoms with Gasteiger partial charge in [-0.05, 0) is 72.3 Å². The monoisotopic (exact) mass is 552 g/mol. The number of benzene rings is 4. The van der Waals surface area contributed by atoms with Crippen molar-refractivity contribution < 1.29 is 28.6 Å². The molecule has 1 aliphatic rings. The predicted octanol–water partition coefficient (Wildman–Crippen LogP) is 6.86. The number of ether oxygens (including phenoxy) is 2. The summed E-state index contributed by atoms with van der Waals surface area (Å²) in [7, 11) is 1.56. The summed E-state index contributed by atoms with van der Waals surface area (Å²) in [6.07, 6.45) is 0. The molecule has 4 aromatic carbocycles. The van der Waals surface area contributed by atoms with Crippen LogP contribution in [0.15, 0.2) is 103 Å². The summed E-state index contributed by atoms with van der Waals surface area (Å²) in [5, 5.41) is 11.6. The summed E-state index contributed by atoms with van der Waals surface area (Å²) in [6, 6.07) is 25.5. The van der Waals surface area contributed by atoms with E-state index in [1.54, 1.807) is 49.6 Å². The van der Waals surface area contributed by atoms with E-state index >= 15 is 0 Å². The Kier molecular flexibility index (Phi) is 6.49. The van der Waals surface area contributed by atoms with E-state index in [0.717, 1.165) is 4.70 Å². The van der Waals surface area contributed by atoms with Crippen LogP contribution in [0.1, 0.15) is 17.2 Å². The molecule has 1 atom stereocenters. The average molecular weight is 553 g/mol. The summed E-state index contributed by atoms with van der Waals surface area (Å²) in [5.41, 5.74) is 1.22. The molecule has 0 saturated carbocycles. The Hall–Kier alpha value is -5.02. The predicted molar refractivity (Wildman–Crippen MR) is 150 cm³/mol. The molecule has 0 radical (unpaired) electrons. The lowest BCUT2D eigenvalue weighted by Crippen LogP contribution is -2.29. The van der Waals surface area contributed by atoms with E-state index in [1.165, 1.54) is 40.5 Å². The van der Waals surface area contributed by atoms with Crippen molar-refractivity contribution >= 4 is 44.1 Å². The van der Waals surface area contributed by atoms with E-state index in [4.69, 9.17) is 9.47 Å². The number of amides is 1. The second-order valence-electron chi connectivity index (χ2n) is 8.99. The largest absolute Gasteiger partial charge is 0.507 e. The third-order valence-corrected chi connectivity index (χ3v) is 7.52. The number of hydrogen-bond acceptors (Lipinski definition) is 7. The van der Waals surface area contributed by atoms with E-state index in [0.29, 0.717) is 28.3 Å². The maximum atomic E-state index is 13.6. The number of para-hydroxylation sites is 1. The van der Waals surface area contributed by atoms with E-state index in [2.05, 4.69) is 4.98 Å². The quantitative estimate of drug-likeness (QED) is 0.141. The fourth-order valence-electron chi connectivity index (χ4n) is 4.60. The second kappa shape index (κ2) is 10.3. The van der Waals surface area contributed by atoms with Gasteiger partial charge in [0.25, 0.3) is 5.78 Å². The van der Waals surface area contributed by atoms with E-state index < -0.39 is 29.3 Å². The molecule has 40 heavy (non-hydrogen) atoms. The van der Waals surface area contributed by atoms with E-state index in [1.807, 2.05) is 30.3 Å². The molecule has 1 N–H and O–H groups in total. The molecule has 1 unspecified atom stereocenters. The van der Waals surface area contributed by atoms with Crippen LogP contribution in [0.25, 0.3) is 16.0 Å². The minimum absolute atomic E-state index is 0.134. The Morgan fingerprint density at radius 3 is 2.40 bits per heavy atom. The van der Waals surface area contributed by atoms with Crippen molar-refractivity contribution in [2.45, 2.75) is 6.04 Å². The lowest BCUT2D eigenvalue weighted by molar-refractivity contribution is -0.132. The first-order chi connectivity index (χ1) is 19.4. The van der Waals surface area contributed by atoms with Crippen molar-refractivity contribution in [3.8, 4) is 17.2 Å². The van der Waals surface area contributed by atoms with Crippen LogP contribution >= 0.6 is 11.3 Å². The van der Waals surface area contributed by atoms with Crippen LogP contribution in [0.5, 0.6) is 17.2 Å². The first-order valence-corrected chi connectivity index (χ1v) is 13.1. The van der Waals surface area contributed by atoms with Gasteiger partial charge >= 0.3 is 5.91 Å². The Bertz CT molecular complexity index is 1780. The van der Waals surface area contributed by atoms with Crippen molar-refractivity contribution in [2.75, 3.05) is 12.0 Å². The molecular weight excluding hydrogens is 531 g/mol. The number of Topliss-reactive ketones (excluding diaryl/α,β-unsaturated/α-hetero) is 1. The van der Waals surface area contributed by atoms with Crippen molar-refractivity contribution in [2.24, 2.45) is 0 Å². The van der Waals surface area contributed by atoms with Crippen LogP contribution in [0.3, 0.4) is 0 Å². The Morgan fingerprint density at radius 2 is 1.65 bits per heavy atom. The number of fused-ring (bicyclic) bond motifs is 1. The van der Waals surface area contributed by atoms with Crippen molar-refractivity contribution in [1.82, 2.24) is 4.98 Å². The van der Waals surface area contributed by atoms with Crippen LogP contribution in [0.2, 0.25) is 0 Å². The van der Waals surface area contributed by atoms with E-state index in [9.17, 15) is 19.1 Å². The Labute approximate surface area is 232 Å². The maximum absolute atomic E-state index is 13.6. The molecule has 0 aliphatic carbocycles. The summed E-state index contributed by atoms with van der Waals surface area (Å²) in [4.78, 5) is 33.0. The molecule has 6 rings (SSSR count). The topological polar surface area (TPSA) is 89.0 Å². The number of aliphatic hydroxyl groups is 1. The molecule has 1 amide bonds. The van der Waals surface area contributed by atoms with Crippen LogP contribution in [-0.2, 0) is 9.59 Å². The van der Waals surface area contributed by atoms with Gasteiger partial charge < -0.3 is 14.6 Å². The van der Waals surface area contributed by atoms with Gasteiger partial charge in [-0.2, -0.15) is 0 Å². The number of aliphatic hydroxyl groups excluding tert-OH is 1. The molecule has 7 nitrogen and oxygen atoms in total. The zero-order valence-electron chi connectivity index (χ0n) is 21.1. The fourth-order valence-corrected chi connectivity index (χ4v) is 5.62. The highest BCUT2D eigenvalue weighted by Gasteiger charge is 2.48. The molecule has 1 aliphatic heterocycles. The summed E-state index contributed by atoms with van der Waals surface area (Å²) >= 11 is 1.22. The van der Waals surface area contributed by atoms with Gasteiger partial charge in [-0.15, -0.1) is 0 Å². The first kappa shape index (κ1) is 25.3. The zero-order chi connectivity index (χ0) is 27.8. The number of carbonyl (C=O) groups excluding carboxylic acids is 2. The third kappa shape index (κ3) is 4.56. The SMILES string of the molecule is COc1ccc2nc(N3C(=O)C(=O)C(=C(O)c4ccc(F)cc4)C3c3cccc(Oc4ccccc4)c3)sc2c1. The minimum atomic E-state index is -1.02. The summed E-state index contributed by atoms with van der Waals surface area (Å²) in [5.74, 6) is -0.909. The van der Waals surface area contributed by atoms with Crippen LogP contribution in [-0.4, -0.2) is 28.9 Å². The normalized spacial score (nSPS) is 16.4. The van der Waals surface area contributed by atoms with Crippen molar-refractivity contribution in [3.63, 3.8) is 0 Å². The number of anilines is 1. The molecule has 2 heterocycles. The number of nitrogens with zero attached hydrogens (tertiary/aromatic N) is 2. The molecule has 1 aromatic heterocycles. The summed E-state index contributed by atoms with van der Waals surface area (Å²) in [6.45, 7) is 0. The molecule has 5 aromatic rings. The lowest BCUT2D eigenvalue weighted by Gasteiger charge is -2.23. The van der Waals surface area contributed by atoms with Crippen molar-refractivity contribution in [3.05, 3.63) is 120 Å². The maximum Gasteiger partial charge on any atom is 0.301 e. The number of carbonyl (C=O) groups is 2. The van der Waals surface area contributed by atoms with Gasteiger partial charge in [-0.3, -0.25) is 14.5 Å². The summed E-state index contributed by atoms with van der Waals surface area (Å²) < 4.78 is 25.7. The minimum Gasteiger partial charge on any atom is -0.507 e. The molecule has 0 bridgehead atoms. The van der Waals surface area contributed by atoms with Crippen LogP contribution in [0, 0.1) is 5.82 Å². The highest BCUT2D eigenvalue weighted by molar-refractivity contribution is 7.22. The van der Waals surface area contributed by atoms with Gasteiger partial charge in [-0.25, -0.2) is 9.37 Å². The molecule has 9 heteroatoms. The van der Waals surface area contributed by atoms with Gasteiger partial charge in [0.2, 0.25) is 0 Å². The van der Waals surface area contributed by atoms with Gasteiger partial charge in [0.05, 0.1) is 28.9 Å². The molecule has 0 spiro atoms. The van der Waals surface area contributed by atoms with Gasteiger partial charge in [-0.1, -0.05) is 41.7 Å². The number of hydrogen-bond donors (Lipinski definition) is 1. The van der Waals surface area contributed by atoms with Gasteiger partial charge in [0.15, 0.2) is 5.13 Å². The van der Waals surface area contributed by atoms with Gasteiger partial charge in [0, 0.05) is 5.56 Å². The van der Waals surface area contributed by atoms with Crippen LogP contribution < -0.4 is 14.4 Å². The molecular formula is C31H21FN2O5S. The molecule has 1 fully saturated rings. The second-order valence-corrected chi connectivity index (χ2v) is 10.0. The Balaban J connectivity index is 1.51. The standard InChI is InChI=1S/C31H21FN2O5S/c1-38-22-14-15-24-25(17-22)40-31(33-24)34-27(19-6-5-9-23(16-19)39-21-7-3-2-4-8-21)26(29(36)30(34)37)28(35)18-10-12-20(32)13-11-18/h2-17,27,35H,1H3. The number of thiazole rings is 1. The number of methoxy groups -OCH3 is 1. The number of halogens is 1. The van der Waals surface area contributed by atoms with Gasteiger partial charge in [0.1, 0.15) is 28.8 Å². The third-order valence-electron chi connectivity index (χ3n) is 6.51.